The van der Waals surface area contributed by atoms with Gasteiger partial charge in [-0.3, -0.25) is 4.79 Å². The van der Waals surface area contributed by atoms with Gasteiger partial charge in [0.2, 0.25) is 0 Å². The maximum atomic E-state index is 13.2. The Bertz CT molecular complexity index is 631. The first kappa shape index (κ1) is 14.3. The lowest BCUT2D eigenvalue weighted by Crippen LogP contribution is -2.09. The highest BCUT2D eigenvalue weighted by molar-refractivity contribution is 6.31. The Morgan fingerprint density at radius 2 is 1.85 bits per heavy atom. The van der Waals surface area contributed by atoms with Crippen LogP contribution in [0.1, 0.15) is 11.1 Å². The molecule has 0 amide bonds. The molecule has 0 fully saturated rings. The molecule has 0 spiro atoms. The number of hydrogen-bond donors (Lipinski definition) is 1. The van der Waals surface area contributed by atoms with Crippen molar-refractivity contribution >= 4 is 23.3 Å². The molecule has 0 saturated heterocycles. The molecule has 104 valence electrons. The van der Waals surface area contributed by atoms with E-state index in [0.29, 0.717) is 16.8 Å². The summed E-state index contributed by atoms with van der Waals surface area (Å²) in [6, 6.07) is 11.4. The van der Waals surface area contributed by atoms with Gasteiger partial charge < -0.3 is 10.5 Å². The average molecular weight is 294 g/mol. The monoisotopic (exact) mass is 293 g/mol. The highest BCUT2D eigenvalue weighted by atomic mass is 35.5. The van der Waals surface area contributed by atoms with Crippen molar-refractivity contribution in [1.82, 2.24) is 0 Å². The van der Waals surface area contributed by atoms with Crippen LogP contribution in [0.25, 0.3) is 0 Å². The molecule has 0 bridgehead atoms. The summed E-state index contributed by atoms with van der Waals surface area (Å²) in [5.74, 6) is -0.976. The molecule has 0 saturated carbocycles. The van der Waals surface area contributed by atoms with Gasteiger partial charge in [0.1, 0.15) is 12.4 Å². The minimum atomic E-state index is -0.535. The summed E-state index contributed by atoms with van der Waals surface area (Å²) in [5.41, 5.74) is 7.41. The van der Waals surface area contributed by atoms with E-state index in [1.54, 1.807) is 30.3 Å². The van der Waals surface area contributed by atoms with Crippen LogP contribution in [-0.2, 0) is 22.6 Å². The van der Waals surface area contributed by atoms with Gasteiger partial charge in [0.15, 0.2) is 0 Å². The average Bonchev–Trinajstić information content (AvgIpc) is 2.43. The number of para-hydroxylation sites is 1. The smallest absolute Gasteiger partial charge is 0.310 e. The number of nitrogen functional groups attached to an aromatic ring is 1. The quantitative estimate of drug-likeness (QED) is 0.695. The lowest BCUT2D eigenvalue weighted by atomic mass is 10.1. The molecule has 2 rings (SSSR count). The van der Waals surface area contributed by atoms with Crippen molar-refractivity contribution in [1.29, 1.82) is 0 Å². The molecule has 0 aliphatic rings. The lowest BCUT2D eigenvalue weighted by Gasteiger charge is -2.08. The minimum absolute atomic E-state index is 0.0282. The van der Waals surface area contributed by atoms with Gasteiger partial charge in [0.05, 0.1) is 11.4 Å². The Morgan fingerprint density at radius 1 is 1.15 bits per heavy atom. The molecule has 2 N–H and O–H groups in total. The summed E-state index contributed by atoms with van der Waals surface area (Å²) in [6.07, 6.45) is 0.0691. The fourth-order valence-electron chi connectivity index (χ4n) is 1.72. The molecule has 0 aliphatic heterocycles. The Kier molecular flexibility index (Phi) is 4.58. The number of esters is 1. The maximum Gasteiger partial charge on any atom is 0.310 e. The summed E-state index contributed by atoms with van der Waals surface area (Å²) in [4.78, 5) is 11.7. The van der Waals surface area contributed by atoms with Crippen molar-refractivity contribution in [2.45, 2.75) is 13.0 Å². The standard InChI is InChI=1S/C15H13ClFNO2/c16-15-11(5-3-6-12(15)17)9-20-14(19)8-10-4-1-2-7-13(10)18/h1-7H,8-9,18H2. The van der Waals surface area contributed by atoms with E-state index in [2.05, 4.69) is 0 Å². The van der Waals surface area contributed by atoms with E-state index in [-0.39, 0.29) is 18.1 Å². The van der Waals surface area contributed by atoms with Crippen LogP contribution in [0.5, 0.6) is 0 Å². The van der Waals surface area contributed by atoms with Crippen LogP contribution in [0, 0.1) is 5.82 Å². The number of ether oxygens (including phenoxy) is 1. The summed E-state index contributed by atoms with van der Waals surface area (Å²) in [7, 11) is 0. The number of carbonyl (C=O) groups excluding carboxylic acids is 1. The topological polar surface area (TPSA) is 52.3 Å². The zero-order valence-corrected chi connectivity index (χ0v) is 11.4. The Morgan fingerprint density at radius 3 is 2.60 bits per heavy atom. The van der Waals surface area contributed by atoms with Gasteiger partial charge in [-0.15, -0.1) is 0 Å². The predicted molar refractivity (Wildman–Crippen MR) is 75.8 cm³/mol. The highest BCUT2D eigenvalue weighted by Gasteiger charge is 2.10. The summed E-state index contributed by atoms with van der Waals surface area (Å²) in [6.45, 7) is -0.0673. The summed E-state index contributed by atoms with van der Waals surface area (Å²) in [5, 5.41) is -0.0282. The number of carbonyl (C=O) groups is 1. The van der Waals surface area contributed by atoms with Gasteiger partial charge >= 0.3 is 5.97 Å². The van der Waals surface area contributed by atoms with Gasteiger partial charge in [-0.2, -0.15) is 0 Å². The van der Waals surface area contributed by atoms with Gasteiger partial charge in [-0.05, 0) is 17.7 Å². The molecular weight excluding hydrogens is 281 g/mol. The van der Waals surface area contributed by atoms with Crippen LogP contribution < -0.4 is 5.73 Å². The van der Waals surface area contributed by atoms with Crippen molar-refractivity contribution < 1.29 is 13.9 Å². The molecule has 5 heteroatoms. The van der Waals surface area contributed by atoms with Crippen LogP contribution in [0.3, 0.4) is 0 Å². The number of rotatable bonds is 4. The minimum Gasteiger partial charge on any atom is -0.460 e. The third kappa shape index (κ3) is 3.48. The van der Waals surface area contributed by atoms with E-state index in [4.69, 9.17) is 22.1 Å². The number of halogens is 2. The Hall–Kier alpha value is -2.07. The van der Waals surface area contributed by atoms with E-state index < -0.39 is 11.8 Å². The molecular formula is C15H13ClFNO2. The third-order valence-corrected chi connectivity index (χ3v) is 3.23. The van der Waals surface area contributed by atoms with Crippen LogP contribution >= 0.6 is 11.6 Å². The third-order valence-electron chi connectivity index (χ3n) is 2.81. The second-order valence-corrected chi connectivity index (χ2v) is 4.63. The Balaban J connectivity index is 1.96. The van der Waals surface area contributed by atoms with Crippen molar-refractivity contribution in [2.24, 2.45) is 0 Å². The first-order valence-electron chi connectivity index (χ1n) is 6.00. The SMILES string of the molecule is Nc1ccccc1CC(=O)OCc1cccc(F)c1Cl. The number of anilines is 1. The Labute approximate surface area is 121 Å². The number of hydrogen-bond acceptors (Lipinski definition) is 3. The molecule has 0 aliphatic carbocycles. The maximum absolute atomic E-state index is 13.2. The van der Waals surface area contributed by atoms with Crippen LogP contribution in [0.4, 0.5) is 10.1 Å². The second-order valence-electron chi connectivity index (χ2n) is 4.25. The van der Waals surface area contributed by atoms with Crippen LogP contribution in [-0.4, -0.2) is 5.97 Å². The van der Waals surface area contributed by atoms with Gasteiger partial charge in [0, 0.05) is 11.3 Å². The van der Waals surface area contributed by atoms with Crippen molar-refractivity contribution in [3.63, 3.8) is 0 Å². The molecule has 0 heterocycles. The van der Waals surface area contributed by atoms with Crippen molar-refractivity contribution in [3.8, 4) is 0 Å². The number of nitrogens with two attached hydrogens (primary N) is 1. The van der Waals surface area contributed by atoms with Gasteiger partial charge in [-0.25, -0.2) is 4.39 Å². The van der Waals surface area contributed by atoms with Gasteiger partial charge in [-0.1, -0.05) is 41.9 Å². The molecule has 2 aromatic rings. The van der Waals surface area contributed by atoms with E-state index in [9.17, 15) is 9.18 Å². The fourth-order valence-corrected chi connectivity index (χ4v) is 1.90. The van der Waals surface area contributed by atoms with Gasteiger partial charge in [0.25, 0.3) is 0 Å². The van der Waals surface area contributed by atoms with E-state index in [1.165, 1.54) is 12.1 Å². The normalized spacial score (nSPS) is 10.3. The molecule has 0 unspecified atom stereocenters. The van der Waals surface area contributed by atoms with E-state index >= 15 is 0 Å². The molecule has 0 radical (unpaired) electrons. The second kappa shape index (κ2) is 6.39. The molecule has 2 aromatic carbocycles. The number of benzene rings is 2. The zero-order valence-electron chi connectivity index (χ0n) is 10.6. The molecule has 0 atom stereocenters. The zero-order chi connectivity index (χ0) is 14.5. The molecule has 3 nitrogen and oxygen atoms in total. The lowest BCUT2D eigenvalue weighted by molar-refractivity contribution is -0.144. The first-order chi connectivity index (χ1) is 9.58. The summed E-state index contributed by atoms with van der Waals surface area (Å²) < 4.78 is 18.3. The van der Waals surface area contributed by atoms with Crippen LogP contribution in [0.2, 0.25) is 5.02 Å². The van der Waals surface area contributed by atoms with Crippen molar-refractivity contribution in [2.75, 3.05) is 5.73 Å². The van der Waals surface area contributed by atoms with E-state index in [1.807, 2.05) is 0 Å². The first-order valence-corrected chi connectivity index (χ1v) is 6.37. The summed E-state index contributed by atoms with van der Waals surface area (Å²) >= 11 is 5.78. The molecule has 0 aromatic heterocycles. The fraction of sp³-hybridized carbons (Fsp3) is 0.133. The molecule has 20 heavy (non-hydrogen) atoms. The van der Waals surface area contributed by atoms with E-state index in [0.717, 1.165) is 0 Å². The predicted octanol–water partition coefficient (Wildman–Crippen LogP) is 3.35. The van der Waals surface area contributed by atoms with Crippen LogP contribution in [0.15, 0.2) is 42.5 Å². The highest BCUT2D eigenvalue weighted by Crippen LogP contribution is 2.20. The largest absolute Gasteiger partial charge is 0.460 e. The van der Waals surface area contributed by atoms with Crippen molar-refractivity contribution in [3.05, 3.63) is 64.4 Å².